The maximum atomic E-state index is 12.4. The van der Waals surface area contributed by atoms with Crippen molar-refractivity contribution in [2.45, 2.75) is 26.7 Å². The average molecular weight is 305 g/mol. The summed E-state index contributed by atoms with van der Waals surface area (Å²) in [6.45, 7) is 4.86. The summed E-state index contributed by atoms with van der Waals surface area (Å²) in [6.07, 6.45) is 1.13. The highest BCUT2D eigenvalue weighted by Crippen LogP contribution is 2.31. The summed E-state index contributed by atoms with van der Waals surface area (Å²) in [5.41, 5.74) is -0.810. The normalized spacial score (nSPS) is 22.4. The first-order chi connectivity index (χ1) is 10.4. The number of benzene rings is 1. The van der Waals surface area contributed by atoms with Gasteiger partial charge in [0, 0.05) is 19.0 Å². The van der Waals surface area contributed by atoms with Crippen LogP contribution >= 0.6 is 0 Å². The number of carboxylic acids is 1. The molecule has 2 atom stereocenters. The standard InChI is InChI=1S/C17H23NO4/c1-13(8-11-22-14-6-4-3-5-7-14)15(19)18-10-9-17(2,12-18)16(20)21/h3-7,13H,8-12H2,1-2H3,(H,20,21)/t13-,17+/m1/s1. The lowest BCUT2D eigenvalue weighted by Crippen LogP contribution is -2.37. The highest BCUT2D eigenvalue weighted by molar-refractivity contribution is 5.81. The van der Waals surface area contributed by atoms with Gasteiger partial charge >= 0.3 is 5.97 Å². The van der Waals surface area contributed by atoms with E-state index in [1.165, 1.54) is 0 Å². The monoisotopic (exact) mass is 305 g/mol. The summed E-state index contributed by atoms with van der Waals surface area (Å²) in [4.78, 5) is 25.3. The van der Waals surface area contributed by atoms with Gasteiger partial charge in [0.25, 0.3) is 0 Å². The molecule has 1 aliphatic heterocycles. The van der Waals surface area contributed by atoms with Gasteiger partial charge in [0.2, 0.25) is 5.91 Å². The van der Waals surface area contributed by atoms with Crippen molar-refractivity contribution in [1.82, 2.24) is 4.90 Å². The van der Waals surface area contributed by atoms with Crippen molar-refractivity contribution in [2.75, 3.05) is 19.7 Å². The molecular formula is C17H23NO4. The second-order valence-electron chi connectivity index (χ2n) is 6.23. The first kappa shape index (κ1) is 16.3. The lowest BCUT2D eigenvalue weighted by molar-refractivity contribution is -0.147. The molecule has 1 N–H and O–H groups in total. The van der Waals surface area contributed by atoms with Crippen LogP contribution in [0.5, 0.6) is 5.75 Å². The Morgan fingerprint density at radius 3 is 2.64 bits per heavy atom. The SMILES string of the molecule is C[C@H](CCOc1ccccc1)C(=O)N1CC[C@](C)(C(=O)O)C1. The molecule has 1 heterocycles. The van der Waals surface area contributed by atoms with Gasteiger partial charge < -0.3 is 14.7 Å². The van der Waals surface area contributed by atoms with Gasteiger partial charge in [-0.2, -0.15) is 0 Å². The van der Waals surface area contributed by atoms with Crippen molar-refractivity contribution < 1.29 is 19.4 Å². The van der Waals surface area contributed by atoms with E-state index in [1.54, 1.807) is 11.8 Å². The van der Waals surface area contributed by atoms with E-state index in [4.69, 9.17) is 4.74 Å². The number of carboxylic acid groups (broad SMARTS) is 1. The fourth-order valence-electron chi connectivity index (χ4n) is 2.63. The number of likely N-dealkylation sites (tertiary alicyclic amines) is 1. The van der Waals surface area contributed by atoms with Crippen molar-refractivity contribution in [2.24, 2.45) is 11.3 Å². The lowest BCUT2D eigenvalue weighted by Gasteiger charge is -2.23. The Balaban J connectivity index is 1.79. The van der Waals surface area contributed by atoms with Crippen LogP contribution in [0, 0.1) is 11.3 Å². The second kappa shape index (κ2) is 6.81. The van der Waals surface area contributed by atoms with E-state index in [0.717, 1.165) is 5.75 Å². The maximum absolute atomic E-state index is 12.4. The van der Waals surface area contributed by atoms with Crippen molar-refractivity contribution in [1.29, 1.82) is 0 Å². The molecule has 1 amide bonds. The largest absolute Gasteiger partial charge is 0.494 e. The number of amides is 1. The molecule has 0 spiro atoms. The molecule has 1 aliphatic rings. The Hall–Kier alpha value is -2.04. The van der Waals surface area contributed by atoms with Crippen LogP contribution in [0.4, 0.5) is 0 Å². The zero-order valence-electron chi connectivity index (χ0n) is 13.1. The Morgan fingerprint density at radius 1 is 1.36 bits per heavy atom. The van der Waals surface area contributed by atoms with Gasteiger partial charge in [0.05, 0.1) is 12.0 Å². The minimum atomic E-state index is -0.831. The summed E-state index contributed by atoms with van der Waals surface area (Å²) in [7, 11) is 0. The average Bonchev–Trinajstić information content (AvgIpc) is 2.91. The third-order valence-corrected chi connectivity index (χ3v) is 4.29. The summed E-state index contributed by atoms with van der Waals surface area (Å²) >= 11 is 0. The number of carbonyl (C=O) groups excluding carboxylic acids is 1. The lowest BCUT2D eigenvalue weighted by atomic mass is 9.90. The molecule has 0 aliphatic carbocycles. The second-order valence-corrected chi connectivity index (χ2v) is 6.23. The molecule has 1 fully saturated rings. The number of para-hydroxylation sites is 1. The van der Waals surface area contributed by atoms with E-state index < -0.39 is 11.4 Å². The predicted molar refractivity (Wildman–Crippen MR) is 82.7 cm³/mol. The van der Waals surface area contributed by atoms with Gasteiger partial charge in [-0.15, -0.1) is 0 Å². The number of rotatable bonds is 6. The molecule has 1 aromatic carbocycles. The van der Waals surface area contributed by atoms with Crippen LogP contribution < -0.4 is 4.74 Å². The Labute approximate surface area is 130 Å². The van der Waals surface area contributed by atoms with Crippen LogP contribution in [0.1, 0.15) is 26.7 Å². The van der Waals surface area contributed by atoms with Gasteiger partial charge in [-0.05, 0) is 31.9 Å². The predicted octanol–water partition coefficient (Wildman–Crippen LogP) is 2.41. The van der Waals surface area contributed by atoms with E-state index in [-0.39, 0.29) is 11.8 Å². The zero-order valence-corrected chi connectivity index (χ0v) is 13.1. The fraction of sp³-hybridized carbons (Fsp3) is 0.529. The third-order valence-electron chi connectivity index (χ3n) is 4.29. The molecule has 0 aromatic heterocycles. The van der Waals surface area contributed by atoms with Crippen LogP contribution in [-0.4, -0.2) is 41.6 Å². The molecule has 22 heavy (non-hydrogen) atoms. The third kappa shape index (κ3) is 3.78. The van der Waals surface area contributed by atoms with Crippen molar-refractivity contribution >= 4 is 11.9 Å². The fourth-order valence-corrected chi connectivity index (χ4v) is 2.63. The van der Waals surface area contributed by atoms with Crippen LogP contribution in [0.25, 0.3) is 0 Å². The summed E-state index contributed by atoms with van der Waals surface area (Å²) < 4.78 is 5.60. The Bertz CT molecular complexity index is 531. The summed E-state index contributed by atoms with van der Waals surface area (Å²) in [5.74, 6) is -0.189. The van der Waals surface area contributed by atoms with Crippen molar-refractivity contribution in [3.63, 3.8) is 0 Å². The number of ether oxygens (including phenoxy) is 1. The van der Waals surface area contributed by atoms with E-state index in [0.29, 0.717) is 32.5 Å². The summed E-state index contributed by atoms with van der Waals surface area (Å²) in [5, 5.41) is 9.22. The Kier molecular flexibility index (Phi) is 5.06. The molecule has 0 saturated carbocycles. The van der Waals surface area contributed by atoms with E-state index in [1.807, 2.05) is 37.3 Å². The van der Waals surface area contributed by atoms with Crippen LogP contribution in [0.3, 0.4) is 0 Å². The summed E-state index contributed by atoms with van der Waals surface area (Å²) in [6, 6.07) is 9.49. The van der Waals surface area contributed by atoms with Crippen molar-refractivity contribution in [3.8, 4) is 5.75 Å². The molecule has 0 bridgehead atoms. The molecule has 1 aromatic rings. The molecule has 120 valence electrons. The first-order valence-electron chi connectivity index (χ1n) is 7.62. The zero-order chi connectivity index (χ0) is 16.2. The van der Waals surface area contributed by atoms with Gasteiger partial charge in [-0.25, -0.2) is 0 Å². The van der Waals surface area contributed by atoms with E-state index in [2.05, 4.69) is 0 Å². The van der Waals surface area contributed by atoms with Gasteiger partial charge in [0.15, 0.2) is 0 Å². The molecule has 5 heteroatoms. The van der Waals surface area contributed by atoms with Crippen LogP contribution in [0.15, 0.2) is 30.3 Å². The molecule has 0 radical (unpaired) electrons. The minimum Gasteiger partial charge on any atom is -0.494 e. The quantitative estimate of drug-likeness (QED) is 0.876. The maximum Gasteiger partial charge on any atom is 0.311 e. The molecule has 5 nitrogen and oxygen atoms in total. The number of hydrogen-bond acceptors (Lipinski definition) is 3. The Morgan fingerprint density at radius 2 is 2.05 bits per heavy atom. The molecule has 2 rings (SSSR count). The number of aliphatic carboxylic acids is 1. The molecule has 0 unspecified atom stereocenters. The highest BCUT2D eigenvalue weighted by Gasteiger charge is 2.42. The number of carbonyl (C=O) groups is 2. The van der Waals surface area contributed by atoms with E-state index in [9.17, 15) is 14.7 Å². The molecule has 1 saturated heterocycles. The van der Waals surface area contributed by atoms with Crippen LogP contribution in [0.2, 0.25) is 0 Å². The smallest absolute Gasteiger partial charge is 0.311 e. The minimum absolute atomic E-state index is 0.0154. The van der Waals surface area contributed by atoms with Gasteiger partial charge in [-0.1, -0.05) is 25.1 Å². The van der Waals surface area contributed by atoms with Gasteiger partial charge in [0.1, 0.15) is 5.75 Å². The number of nitrogens with zero attached hydrogens (tertiary/aromatic N) is 1. The highest BCUT2D eigenvalue weighted by atomic mass is 16.5. The van der Waals surface area contributed by atoms with Crippen LogP contribution in [-0.2, 0) is 9.59 Å². The van der Waals surface area contributed by atoms with Gasteiger partial charge in [-0.3, -0.25) is 9.59 Å². The van der Waals surface area contributed by atoms with E-state index >= 15 is 0 Å². The first-order valence-corrected chi connectivity index (χ1v) is 7.62. The number of hydrogen-bond donors (Lipinski definition) is 1. The molecular weight excluding hydrogens is 282 g/mol. The topological polar surface area (TPSA) is 66.8 Å². The van der Waals surface area contributed by atoms with Crippen molar-refractivity contribution in [3.05, 3.63) is 30.3 Å².